The molecule has 4 rings (SSSR count). The second kappa shape index (κ2) is 21.5. The minimum atomic E-state index is -1.70. The lowest BCUT2D eigenvalue weighted by atomic mass is 9.69. The second-order valence-electron chi connectivity index (χ2n) is 19.9. The monoisotopic (exact) mass is 879 g/mol. The molecule has 1 saturated carbocycles. The first-order valence-electron chi connectivity index (χ1n) is 22.8. The molecular weight excluding hydrogens is 797 g/mol. The number of carbonyl (C=O) groups excluding carboxylic acids is 1. The molecule has 18 atom stereocenters. The summed E-state index contributed by atoms with van der Waals surface area (Å²) in [7, 11) is 6.98. The molecule has 1 aromatic carbocycles. The summed E-state index contributed by atoms with van der Waals surface area (Å²) in [4.78, 5) is 22.8. The number of aliphatic hydroxyl groups excluding tert-OH is 3. The van der Waals surface area contributed by atoms with E-state index >= 15 is 0 Å². The molecule has 0 amide bonds. The van der Waals surface area contributed by atoms with Gasteiger partial charge in [-0.2, -0.15) is 0 Å². The number of carbonyl (C=O) groups is 1. The average Bonchev–Trinajstić information content (AvgIpc) is 3.21. The summed E-state index contributed by atoms with van der Waals surface area (Å²) in [6.07, 6.45) is -6.49. The van der Waals surface area contributed by atoms with E-state index in [4.69, 9.17) is 38.4 Å². The van der Waals surface area contributed by atoms with E-state index in [1.165, 1.54) is 5.56 Å². The number of Topliss-reactive ketones (excluding diaryl/α,β-unsaturated/α-hetero) is 1. The van der Waals surface area contributed by atoms with E-state index in [1.54, 1.807) is 28.1 Å². The van der Waals surface area contributed by atoms with Crippen molar-refractivity contribution in [1.82, 2.24) is 4.90 Å². The van der Waals surface area contributed by atoms with Crippen molar-refractivity contribution in [2.45, 2.75) is 200 Å². The van der Waals surface area contributed by atoms with Gasteiger partial charge in [0.1, 0.15) is 24.6 Å². The Morgan fingerprint density at radius 2 is 1.52 bits per heavy atom. The van der Waals surface area contributed by atoms with Gasteiger partial charge in [0, 0.05) is 56.8 Å². The van der Waals surface area contributed by atoms with Crippen LogP contribution in [0.5, 0.6) is 0 Å². The molecule has 2 aliphatic heterocycles. The number of hydrogen-bond donors (Lipinski definition) is 4. The Hall–Kier alpha value is -2.08. The first kappa shape index (κ1) is 52.5. The van der Waals surface area contributed by atoms with Gasteiger partial charge in [0.2, 0.25) is 0 Å². The normalized spacial score (nSPS) is 43.7. The maximum absolute atomic E-state index is 14.7. The summed E-state index contributed by atoms with van der Waals surface area (Å²) in [6, 6.07) is 5.83. The number of rotatable bonds is 11. The van der Waals surface area contributed by atoms with Crippen molar-refractivity contribution < 1.29 is 58.5 Å². The van der Waals surface area contributed by atoms with E-state index < -0.39 is 95.6 Å². The quantitative estimate of drug-likeness (QED) is 0.199. The Labute approximate surface area is 371 Å². The van der Waals surface area contributed by atoms with Crippen molar-refractivity contribution in [3.8, 4) is 0 Å². The number of ketones is 1. The highest BCUT2D eigenvalue weighted by atomic mass is 16.7. The number of likely N-dealkylation sites (N-methyl/N-ethyl adjacent to an activating group) is 1. The van der Waals surface area contributed by atoms with Crippen LogP contribution in [0.15, 0.2) is 23.4 Å². The molecule has 0 radical (unpaired) electrons. The zero-order valence-corrected chi connectivity index (χ0v) is 40.6. The van der Waals surface area contributed by atoms with Gasteiger partial charge in [0.25, 0.3) is 0 Å². The van der Waals surface area contributed by atoms with Gasteiger partial charge in [-0.3, -0.25) is 4.79 Å². The number of benzene rings is 1. The molecule has 62 heavy (non-hydrogen) atoms. The van der Waals surface area contributed by atoms with Crippen LogP contribution in [0.4, 0.5) is 0 Å². The molecule has 0 aromatic heterocycles. The molecular formula is C48H82N2O12. The molecule has 0 spiro atoms. The first-order chi connectivity index (χ1) is 28.8. The van der Waals surface area contributed by atoms with Crippen molar-refractivity contribution in [3.63, 3.8) is 0 Å². The molecule has 4 N–H and O–H groups in total. The molecule has 2 saturated heterocycles. The van der Waals surface area contributed by atoms with Gasteiger partial charge in [-0.1, -0.05) is 64.4 Å². The lowest BCUT2D eigenvalue weighted by molar-refractivity contribution is -0.318. The van der Waals surface area contributed by atoms with Crippen LogP contribution >= 0.6 is 0 Å². The Balaban J connectivity index is 1.90. The van der Waals surface area contributed by atoms with Gasteiger partial charge in [-0.25, -0.2) is 0 Å². The SMILES string of the molecule is CC[C@H]1CC(=O)[C@H](C)[C@@H](O[C@H]2C[C@@](C)(OC)[C@@H](O)[C@H](C)O2)[C@H](C)[C@@H](O[C@@H]2O[C@H](C)C[C@H](N(C)C)[C@H]2O)[C@](C)(OC)C[C@@H](C)/C(=N\OCc2ccc(C)c(C)c2)[C@H](C)[C@@H](O)[C@]1(C)O. The number of methoxy groups -OCH3 is 2. The Bertz CT molecular complexity index is 1640. The summed E-state index contributed by atoms with van der Waals surface area (Å²) >= 11 is 0. The fourth-order valence-corrected chi connectivity index (χ4v) is 10.3. The summed E-state index contributed by atoms with van der Waals surface area (Å²) in [6.45, 7) is 22.8. The minimum absolute atomic E-state index is 0.0533. The number of hydrogen-bond acceptors (Lipinski definition) is 14. The van der Waals surface area contributed by atoms with Crippen LogP contribution in [-0.2, 0) is 44.7 Å². The lowest BCUT2D eigenvalue weighted by Crippen LogP contribution is -2.61. The van der Waals surface area contributed by atoms with Gasteiger partial charge >= 0.3 is 0 Å². The standard InChI is InChI=1S/C48H82N2O12/c1-17-35-22-37(51)30(6)41(61-38-24-46(10,56-15)43(54)33(9)60-38)32(8)44(62-45-40(52)36(50(13)14)21-29(5)59-45)47(11,57-16)23-28(4)39(31(7)42(53)48(35,12)55)49-58-25-34-19-18-26(2)27(3)20-34/h18-20,28-33,35-36,38,40-45,52-55H,17,21-25H2,1-16H3/b49-39+/t28-,29-,30+,31+,32+,33+,35+,36+,38+,40-,41-,42-,43+,44-,45+,46-,47-,48-/m1/s1. The van der Waals surface area contributed by atoms with Crippen molar-refractivity contribution >= 4 is 11.5 Å². The highest BCUT2D eigenvalue weighted by Crippen LogP contribution is 2.43. The van der Waals surface area contributed by atoms with Gasteiger partial charge in [0.05, 0.1) is 53.0 Å². The fourth-order valence-electron chi connectivity index (χ4n) is 10.3. The number of oxime groups is 1. The molecule has 0 bridgehead atoms. The third-order valence-corrected chi connectivity index (χ3v) is 14.9. The highest BCUT2D eigenvalue weighted by molar-refractivity contribution is 5.89. The topological polar surface area (TPSA) is 178 Å². The third-order valence-electron chi connectivity index (χ3n) is 14.9. The fraction of sp³-hybridized carbons (Fsp3) is 0.833. The maximum Gasteiger partial charge on any atom is 0.185 e. The summed E-state index contributed by atoms with van der Waals surface area (Å²) in [5, 5.41) is 52.1. The van der Waals surface area contributed by atoms with E-state index in [9.17, 15) is 25.2 Å². The molecule has 14 heteroatoms. The van der Waals surface area contributed by atoms with Crippen molar-refractivity contribution in [3.05, 3.63) is 34.9 Å². The smallest absolute Gasteiger partial charge is 0.185 e. The molecule has 356 valence electrons. The van der Waals surface area contributed by atoms with Gasteiger partial charge in [0.15, 0.2) is 12.6 Å². The molecule has 2 heterocycles. The number of aliphatic hydroxyl groups is 4. The average molecular weight is 879 g/mol. The van der Waals surface area contributed by atoms with Gasteiger partial charge < -0.3 is 58.6 Å². The van der Waals surface area contributed by atoms with Crippen LogP contribution in [0.2, 0.25) is 0 Å². The first-order valence-corrected chi connectivity index (χ1v) is 22.8. The lowest BCUT2D eigenvalue weighted by Gasteiger charge is -2.50. The predicted octanol–water partition coefficient (Wildman–Crippen LogP) is 5.72. The van der Waals surface area contributed by atoms with Crippen LogP contribution in [0.25, 0.3) is 0 Å². The zero-order chi connectivity index (χ0) is 46.6. The zero-order valence-electron chi connectivity index (χ0n) is 40.6. The summed E-state index contributed by atoms with van der Waals surface area (Å²) < 4.78 is 39.0. The third kappa shape index (κ3) is 11.6. The summed E-state index contributed by atoms with van der Waals surface area (Å²) in [5.41, 5.74) is -0.130. The Morgan fingerprint density at radius 1 is 0.871 bits per heavy atom. The van der Waals surface area contributed by atoms with Gasteiger partial charge in [-0.05, 0) is 98.0 Å². The van der Waals surface area contributed by atoms with E-state index in [0.717, 1.165) is 11.1 Å². The largest absolute Gasteiger partial charge is 0.391 e. The van der Waals surface area contributed by atoms with Crippen LogP contribution in [0.3, 0.4) is 0 Å². The number of nitrogens with zero attached hydrogens (tertiary/aromatic N) is 2. The van der Waals surface area contributed by atoms with E-state index in [0.29, 0.717) is 18.6 Å². The highest BCUT2D eigenvalue weighted by Gasteiger charge is 2.53. The predicted molar refractivity (Wildman–Crippen MR) is 237 cm³/mol. The molecule has 3 aliphatic rings. The van der Waals surface area contributed by atoms with Crippen molar-refractivity contribution in [2.24, 2.45) is 34.7 Å². The molecule has 1 aliphatic carbocycles. The van der Waals surface area contributed by atoms with E-state index in [-0.39, 0.29) is 43.8 Å². The van der Waals surface area contributed by atoms with Crippen molar-refractivity contribution in [1.29, 1.82) is 0 Å². The minimum Gasteiger partial charge on any atom is -0.391 e. The van der Waals surface area contributed by atoms with E-state index in [2.05, 4.69) is 13.0 Å². The Morgan fingerprint density at radius 3 is 2.10 bits per heavy atom. The van der Waals surface area contributed by atoms with Crippen LogP contribution in [-0.4, -0.2) is 143 Å². The second-order valence-corrected chi connectivity index (χ2v) is 19.9. The number of ether oxygens (including phenoxy) is 6. The molecule has 0 unspecified atom stereocenters. The number of aryl methyl sites for hydroxylation is 2. The maximum atomic E-state index is 14.7. The summed E-state index contributed by atoms with van der Waals surface area (Å²) in [5.74, 6) is -3.35. The van der Waals surface area contributed by atoms with Crippen LogP contribution < -0.4 is 0 Å². The molecule has 3 fully saturated rings. The van der Waals surface area contributed by atoms with Gasteiger partial charge in [-0.15, -0.1) is 0 Å². The van der Waals surface area contributed by atoms with E-state index in [1.807, 2.05) is 93.4 Å². The van der Waals surface area contributed by atoms with Crippen LogP contribution in [0.1, 0.15) is 118 Å². The van der Waals surface area contributed by atoms with Crippen LogP contribution in [0, 0.1) is 43.4 Å². The molecule has 1 aromatic rings. The Kier molecular flexibility index (Phi) is 18.2. The van der Waals surface area contributed by atoms with Crippen molar-refractivity contribution in [2.75, 3.05) is 28.3 Å². The molecule has 14 nitrogen and oxygen atoms in total.